The number of carbonyl (C=O) groups is 1. The average Bonchev–Trinajstić information content (AvgIpc) is 2.71. The number of carbonyl (C=O) groups excluding carboxylic acids is 1. The van der Waals surface area contributed by atoms with E-state index < -0.39 is 32.5 Å². The van der Waals surface area contributed by atoms with Crippen molar-refractivity contribution in [3.05, 3.63) is 64.4 Å². The number of halogens is 5. The largest absolute Gasteiger partial charge is 0.416 e. The molecule has 11 heteroatoms. The molecule has 1 aliphatic rings. The minimum atomic E-state index is -4.71. The Morgan fingerprint density at radius 3 is 2.32 bits per heavy atom. The molecule has 2 aromatic carbocycles. The molecule has 0 spiro atoms. The molecule has 31 heavy (non-hydrogen) atoms. The first kappa shape index (κ1) is 23.5. The third-order valence-corrected chi connectivity index (χ3v) is 7.36. The van der Waals surface area contributed by atoms with E-state index in [-0.39, 0.29) is 43.5 Å². The van der Waals surface area contributed by atoms with Crippen molar-refractivity contribution in [2.45, 2.75) is 23.9 Å². The summed E-state index contributed by atoms with van der Waals surface area (Å²) < 4.78 is 78.8. The first-order chi connectivity index (χ1) is 14.5. The van der Waals surface area contributed by atoms with Crippen LogP contribution in [0.2, 0.25) is 5.02 Å². The molecular weight excluding hydrogens is 460 g/mol. The normalized spacial score (nSPS) is 15.8. The molecule has 0 radical (unpaired) electrons. The Hall–Kier alpha value is -2.17. The number of amides is 1. The van der Waals surface area contributed by atoms with Gasteiger partial charge in [0.15, 0.2) is 0 Å². The molecule has 1 fully saturated rings. The van der Waals surface area contributed by atoms with Gasteiger partial charge < -0.3 is 4.90 Å². The highest BCUT2D eigenvalue weighted by atomic mass is 35.5. The second-order valence-corrected chi connectivity index (χ2v) is 9.37. The zero-order chi connectivity index (χ0) is 22.8. The lowest BCUT2D eigenvalue weighted by molar-refractivity contribution is -0.137. The van der Waals surface area contributed by atoms with Crippen LogP contribution < -0.4 is 0 Å². The highest BCUT2D eigenvalue weighted by Crippen LogP contribution is 2.34. The number of hydrogen-bond acceptors (Lipinski definition) is 3. The molecule has 0 atom stereocenters. The number of aryl methyl sites for hydroxylation is 1. The highest BCUT2D eigenvalue weighted by molar-refractivity contribution is 7.89. The van der Waals surface area contributed by atoms with E-state index in [1.54, 1.807) is 12.1 Å². The molecule has 5 nitrogen and oxygen atoms in total. The van der Waals surface area contributed by atoms with Gasteiger partial charge in [-0.25, -0.2) is 12.8 Å². The number of rotatable bonds is 5. The van der Waals surface area contributed by atoms with E-state index in [2.05, 4.69) is 0 Å². The van der Waals surface area contributed by atoms with Crippen LogP contribution in [0.3, 0.4) is 0 Å². The predicted octanol–water partition coefficient (Wildman–Crippen LogP) is 3.96. The lowest BCUT2D eigenvalue weighted by Crippen LogP contribution is -2.50. The van der Waals surface area contributed by atoms with Gasteiger partial charge in [-0.1, -0.05) is 23.7 Å². The molecule has 0 unspecified atom stereocenters. The van der Waals surface area contributed by atoms with Gasteiger partial charge in [-0.05, 0) is 42.3 Å². The molecule has 1 heterocycles. The quantitative estimate of drug-likeness (QED) is 0.611. The van der Waals surface area contributed by atoms with Crippen molar-refractivity contribution < 1.29 is 30.8 Å². The Labute approximate surface area is 182 Å². The Balaban J connectivity index is 1.64. The molecule has 0 N–H and O–H groups in total. The monoisotopic (exact) mass is 478 g/mol. The van der Waals surface area contributed by atoms with Gasteiger partial charge in [-0.3, -0.25) is 4.79 Å². The molecule has 168 valence electrons. The van der Waals surface area contributed by atoms with E-state index in [0.29, 0.717) is 18.1 Å². The van der Waals surface area contributed by atoms with Gasteiger partial charge in [0.2, 0.25) is 15.9 Å². The van der Waals surface area contributed by atoms with Gasteiger partial charge in [-0.2, -0.15) is 17.5 Å². The van der Waals surface area contributed by atoms with Crippen LogP contribution in [0.4, 0.5) is 17.6 Å². The zero-order valence-electron chi connectivity index (χ0n) is 16.2. The van der Waals surface area contributed by atoms with Crippen LogP contribution in [0.5, 0.6) is 0 Å². The van der Waals surface area contributed by atoms with Crippen LogP contribution in [-0.4, -0.2) is 49.7 Å². The Kier molecular flexibility index (Phi) is 6.92. The van der Waals surface area contributed by atoms with Crippen LogP contribution in [0.1, 0.15) is 17.5 Å². The number of hydrogen-bond donors (Lipinski definition) is 0. The van der Waals surface area contributed by atoms with E-state index in [4.69, 9.17) is 11.6 Å². The standard InChI is InChI=1S/C20H19ClF4N2O3S/c21-17-6-5-15(20(23,24)25)13-18(17)31(29,30)27-10-8-26(9-11-27)19(28)7-4-14-2-1-3-16(22)12-14/h1-3,5-6,12-13H,4,7-11H2. The van der Waals surface area contributed by atoms with Crippen molar-refractivity contribution in [3.8, 4) is 0 Å². The maximum atomic E-state index is 13.2. The molecule has 3 rings (SSSR count). The molecule has 2 aromatic rings. The molecule has 1 saturated heterocycles. The van der Waals surface area contributed by atoms with Crippen molar-refractivity contribution >= 4 is 27.5 Å². The third-order valence-electron chi connectivity index (χ3n) is 4.98. The zero-order valence-corrected chi connectivity index (χ0v) is 17.8. The average molecular weight is 479 g/mol. The lowest BCUT2D eigenvalue weighted by atomic mass is 10.1. The Morgan fingerprint density at radius 2 is 1.71 bits per heavy atom. The van der Waals surface area contributed by atoms with Crippen LogP contribution in [0, 0.1) is 5.82 Å². The molecule has 0 aromatic heterocycles. The minimum Gasteiger partial charge on any atom is -0.340 e. The first-order valence-electron chi connectivity index (χ1n) is 9.37. The van der Waals surface area contributed by atoms with Crippen LogP contribution >= 0.6 is 11.6 Å². The maximum absolute atomic E-state index is 13.2. The number of nitrogens with zero attached hydrogens (tertiary/aromatic N) is 2. The van der Waals surface area contributed by atoms with Crippen LogP contribution in [0.25, 0.3) is 0 Å². The minimum absolute atomic E-state index is 0.0688. The summed E-state index contributed by atoms with van der Waals surface area (Å²) in [7, 11) is -4.26. The second kappa shape index (κ2) is 9.13. The summed E-state index contributed by atoms with van der Waals surface area (Å²) in [5.41, 5.74) is -0.435. The van der Waals surface area contributed by atoms with Gasteiger partial charge >= 0.3 is 6.18 Å². The fourth-order valence-corrected chi connectivity index (χ4v) is 5.22. The summed E-state index contributed by atoms with van der Waals surface area (Å²) >= 11 is 5.88. The number of piperazine rings is 1. The number of alkyl halides is 3. The fraction of sp³-hybridized carbons (Fsp3) is 0.350. The summed E-state index contributed by atoms with van der Waals surface area (Å²) in [4.78, 5) is 13.3. The van der Waals surface area contributed by atoms with E-state index in [1.165, 1.54) is 17.0 Å². The van der Waals surface area contributed by atoms with Gasteiger partial charge in [0.1, 0.15) is 10.7 Å². The molecular formula is C20H19ClF4N2O3S. The van der Waals surface area contributed by atoms with Crippen molar-refractivity contribution in [1.29, 1.82) is 0 Å². The van der Waals surface area contributed by atoms with Crippen molar-refractivity contribution in [2.24, 2.45) is 0 Å². The number of benzene rings is 2. The van der Waals surface area contributed by atoms with Gasteiger partial charge in [0.05, 0.1) is 10.6 Å². The summed E-state index contributed by atoms with van der Waals surface area (Å²) in [6, 6.07) is 8.06. The smallest absolute Gasteiger partial charge is 0.340 e. The van der Waals surface area contributed by atoms with Crippen molar-refractivity contribution in [2.75, 3.05) is 26.2 Å². The molecule has 0 bridgehead atoms. The summed E-state index contributed by atoms with van der Waals surface area (Å²) in [6.45, 7) is 0.0524. The van der Waals surface area contributed by atoms with Gasteiger partial charge in [-0.15, -0.1) is 0 Å². The topological polar surface area (TPSA) is 57.7 Å². The molecule has 0 aliphatic carbocycles. The lowest BCUT2D eigenvalue weighted by Gasteiger charge is -2.34. The Morgan fingerprint density at radius 1 is 1.03 bits per heavy atom. The van der Waals surface area contributed by atoms with Gasteiger partial charge in [0, 0.05) is 32.6 Å². The van der Waals surface area contributed by atoms with E-state index in [9.17, 15) is 30.8 Å². The van der Waals surface area contributed by atoms with E-state index in [0.717, 1.165) is 16.4 Å². The van der Waals surface area contributed by atoms with Crippen molar-refractivity contribution in [3.63, 3.8) is 0 Å². The second-order valence-electron chi connectivity index (χ2n) is 7.06. The van der Waals surface area contributed by atoms with Crippen LogP contribution in [-0.2, 0) is 27.4 Å². The summed E-state index contributed by atoms with van der Waals surface area (Å²) in [6.07, 6.45) is -4.23. The predicted molar refractivity (Wildman–Crippen MR) is 107 cm³/mol. The van der Waals surface area contributed by atoms with Gasteiger partial charge in [0.25, 0.3) is 0 Å². The summed E-state index contributed by atoms with van der Waals surface area (Å²) in [5.74, 6) is -0.601. The summed E-state index contributed by atoms with van der Waals surface area (Å²) in [5, 5.41) is -0.304. The van der Waals surface area contributed by atoms with Crippen LogP contribution in [0.15, 0.2) is 47.4 Å². The first-order valence-corrected chi connectivity index (χ1v) is 11.2. The maximum Gasteiger partial charge on any atom is 0.416 e. The molecule has 1 aliphatic heterocycles. The molecule has 1 amide bonds. The SMILES string of the molecule is O=C(CCc1cccc(F)c1)N1CCN(S(=O)(=O)c2cc(C(F)(F)F)ccc2Cl)CC1. The molecule has 0 saturated carbocycles. The highest BCUT2D eigenvalue weighted by Gasteiger charge is 2.35. The van der Waals surface area contributed by atoms with Crippen molar-refractivity contribution in [1.82, 2.24) is 9.21 Å². The number of sulfonamides is 1. The third kappa shape index (κ3) is 5.55. The Bertz CT molecular complexity index is 1070. The van der Waals surface area contributed by atoms with E-state index in [1.807, 2.05) is 0 Å². The fourth-order valence-electron chi connectivity index (χ4n) is 3.30. The van der Waals surface area contributed by atoms with E-state index >= 15 is 0 Å².